The van der Waals surface area contributed by atoms with Gasteiger partial charge < -0.3 is 4.90 Å². The molecule has 0 spiro atoms. The first-order valence-electron chi connectivity index (χ1n) is 8.78. The number of aryl methyl sites for hydroxylation is 3. The fourth-order valence-corrected chi connectivity index (χ4v) is 4.59. The maximum absolute atomic E-state index is 12.7. The summed E-state index contributed by atoms with van der Waals surface area (Å²) < 4.78 is 28.1. The topological polar surface area (TPSA) is 66.5 Å². The van der Waals surface area contributed by atoms with Gasteiger partial charge in [-0.15, -0.1) is 0 Å². The van der Waals surface area contributed by atoms with E-state index in [9.17, 15) is 13.2 Å². The van der Waals surface area contributed by atoms with Crippen molar-refractivity contribution in [1.29, 1.82) is 0 Å². The Balaban J connectivity index is 1.80. The highest BCUT2D eigenvalue weighted by Crippen LogP contribution is 2.23. The molecule has 2 aromatic rings. The number of carbonyl (C=O) groups excluding carboxylic acids is 1. The molecule has 0 radical (unpaired) electrons. The van der Waals surface area contributed by atoms with Crippen LogP contribution in [0, 0.1) is 20.8 Å². The predicted octanol–water partition coefficient (Wildman–Crippen LogP) is 3.65. The SMILES string of the molecule is Cc1cc(C)c(S(=O)(=O)Nc2ccc(C(=O)N3CCCC3)cc2)cc1C. The molecule has 0 aliphatic carbocycles. The molecule has 1 heterocycles. The van der Waals surface area contributed by atoms with E-state index in [0.29, 0.717) is 16.8 Å². The van der Waals surface area contributed by atoms with Gasteiger partial charge in [-0.2, -0.15) is 0 Å². The summed E-state index contributed by atoms with van der Waals surface area (Å²) in [7, 11) is -3.68. The lowest BCUT2D eigenvalue weighted by molar-refractivity contribution is 0.0793. The maximum Gasteiger partial charge on any atom is 0.262 e. The van der Waals surface area contributed by atoms with Crippen LogP contribution in [-0.2, 0) is 10.0 Å². The largest absolute Gasteiger partial charge is 0.339 e. The van der Waals surface area contributed by atoms with Crippen molar-refractivity contribution in [2.75, 3.05) is 17.8 Å². The molecular weight excluding hydrogens is 348 g/mol. The van der Waals surface area contributed by atoms with E-state index in [1.165, 1.54) is 0 Å². The van der Waals surface area contributed by atoms with Gasteiger partial charge in [0, 0.05) is 24.3 Å². The van der Waals surface area contributed by atoms with Gasteiger partial charge in [-0.05, 0) is 80.6 Å². The third-order valence-corrected chi connectivity index (χ3v) is 6.38. The van der Waals surface area contributed by atoms with Crippen LogP contribution in [0.1, 0.15) is 39.9 Å². The van der Waals surface area contributed by atoms with Crippen molar-refractivity contribution < 1.29 is 13.2 Å². The zero-order valence-electron chi connectivity index (χ0n) is 15.4. The highest BCUT2D eigenvalue weighted by Gasteiger charge is 2.21. The zero-order valence-corrected chi connectivity index (χ0v) is 16.2. The number of hydrogen-bond donors (Lipinski definition) is 1. The maximum atomic E-state index is 12.7. The molecule has 1 saturated heterocycles. The summed E-state index contributed by atoms with van der Waals surface area (Å²) in [6.07, 6.45) is 2.08. The van der Waals surface area contributed by atoms with Crippen LogP contribution >= 0.6 is 0 Å². The van der Waals surface area contributed by atoms with Crippen molar-refractivity contribution in [2.45, 2.75) is 38.5 Å². The van der Waals surface area contributed by atoms with Gasteiger partial charge in [-0.25, -0.2) is 8.42 Å². The lowest BCUT2D eigenvalue weighted by Gasteiger charge is -2.16. The van der Waals surface area contributed by atoms with Crippen LogP contribution in [-0.4, -0.2) is 32.3 Å². The minimum atomic E-state index is -3.68. The number of nitrogens with zero attached hydrogens (tertiary/aromatic N) is 1. The Bertz CT molecular complexity index is 928. The van der Waals surface area contributed by atoms with Crippen LogP contribution < -0.4 is 4.72 Å². The second kappa shape index (κ2) is 7.11. The molecule has 1 fully saturated rings. The van der Waals surface area contributed by atoms with Gasteiger partial charge in [0.05, 0.1) is 4.90 Å². The molecular formula is C20H24N2O3S. The lowest BCUT2D eigenvalue weighted by Crippen LogP contribution is -2.27. The van der Waals surface area contributed by atoms with E-state index >= 15 is 0 Å². The molecule has 0 aromatic heterocycles. The third kappa shape index (κ3) is 3.75. The number of likely N-dealkylation sites (tertiary alicyclic amines) is 1. The fourth-order valence-electron chi connectivity index (χ4n) is 3.22. The number of nitrogens with one attached hydrogen (secondary N) is 1. The van der Waals surface area contributed by atoms with Crippen molar-refractivity contribution in [3.63, 3.8) is 0 Å². The van der Waals surface area contributed by atoms with Crippen LogP contribution in [0.3, 0.4) is 0 Å². The van der Waals surface area contributed by atoms with Crippen LogP contribution in [0.4, 0.5) is 5.69 Å². The van der Waals surface area contributed by atoms with Crippen molar-refractivity contribution in [2.24, 2.45) is 0 Å². The summed E-state index contributed by atoms with van der Waals surface area (Å²) >= 11 is 0. The Morgan fingerprint density at radius 1 is 0.923 bits per heavy atom. The van der Waals surface area contributed by atoms with Crippen LogP contribution in [0.2, 0.25) is 0 Å². The van der Waals surface area contributed by atoms with Gasteiger partial charge in [0.1, 0.15) is 0 Å². The predicted molar refractivity (Wildman–Crippen MR) is 103 cm³/mol. The van der Waals surface area contributed by atoms with E-state index in [-0.39, 0.29) is 10.8 Å². The van der Waals surface area contributed by atoms with Crippen LogP contribution in [0.5, 0.6) is 0 Å². The van der Waals surface area contributed by atoms with Gasteiger partial charge in [-0.3, -0.25) is 9.52 Å². The lowest BCUT2D eigenvalue weighted by atomic mass is 10.1. The molecule has 5 nitrogen and oxygen atoms in total. The Morgan fingerprint density at radius 3 is 2.12 bits per heavy atom. The van der Waals surface area contributed by atoms with E-state index < -0.39 is 10.0 Å². The highest BCUT2D eigenvalue weighted by atomic mass is 32.2. The smallest absolute Gasteiger partial charge is 0.262 e. The summed E-state index contributed by atoms with van der Waals surface area (Å²) in [6, 6.07) is 10.2. The first-order valence-corrected chi connectivity index (χ1v) is 10.3. The molecule has 0 saturated carbocycles. The summed E-state index contributed by atoms with van der Waals surface area (Å²) in [5, 5.41) is 0. The van der Waals surface area contributed by atoms with Crippen LogP contribution in [0.25, 0.3) is 0 Å². The molecule has 1 amide bonds. The fraction of sp³-hybridized carbons (Fsp3) is 0.350. The van der Waals surface area contributed by atoms with Gasteiger partial charge in [0.25, 0.3) is 15.9 Å². The van der Waals surface area contributed by atoms with E-state index in [1.807, 2.05) is 24.8 Å². The van der Waals surface area contributed by atoms with E-state index in [4.69, 9.17) is 0 Å². The average molecular weight is 372 g/mol. The van der Waals surface area contributed by atoms with Gasteiger partial charge >= 0.3 is 0 Å². The number of carbonyl (C=O) groups is 1. The van der Waals surface area contributed by atoms with Crippen molar-refractivity contribution in [1.82, 2.24) is 4.90 Å². The standard InChI is InChI=1S/C20H24N2O3S/c1-14-12-16(3)19(13-15(14)2)26(24,25)21-18-8-6-17(7-9-18)20(23)22-10-4-5-11-22/h6-9,12-13,21H,4-5,10-11H2,1-3H3. The molecule has 138 valence electrons. The zero-order chi connectivity index (χ0) is 18.9. The second-order valence-electron chi connectivity index (χ2n) is 6.88. The normalized spacial score (nSPS) is 14.5. The first-order chi connectivity index (χ1) is 12.3. The minimum absolute atomic E-state index is 0.00177. The molecule has 6 heteroatoms. The summed E-state index contributed by atoms with van der Waals surface area (Å²) in [5.74, 6) is 0.00177. The number of hydrogen-bond acceptors (Lipinski definition) is 3. The quantitative estimate of drug-likeness (QED) is 0.891. The van der Waals surface area contributed by atoms with E-state index in [2.05, 4.69) is 4.72 Å². The molecule has 2 aromatic carbocycles. The van der Waals surface area contributed by atoms with Crippen molar-refractivity contribution in [3.05, 3.63) is 58.7 Å². The molecule has 0 atom stereocenters. The summed E-state index contributed by atoms with van der Waals surface area (Å²) in [5.41, 5.74) is 3.73. The number of rotatable bonds is 4. The summed E-state index contributed by atoms with van der Waals surface area (Å²) in [4.78, 5) is 14.5. The Kier molecular flexibility index (Phi) is 5.05. The van der Waals surface area contributed by atoms with E-state index in [1.54, 1.807) is 37.3 Å². The number of anilines is 1. The monoisotopic (exact) mass is 372 g/mol. The molecule has 3 rings (SSSR count). The van der Waals surface area contributed by atoms with Gasteiger partial charge in [0.2, 0.25) is 0 Å². The third-order valence-electron chi connectivity index (χ3n) is 4.86. The molecule has 1 aliphatic heterocycles. The average Bonchev–Trinajstić information content (AvgIpc) is 3.12. The van der Waals surface area contributed by atoms with Gasteiger partial charge in [0.15, 0.2) is 0 Å². The molecule has 0 unspecified atom stereocenters. The van der Waals surface area contributed by atoms with Gasteiger partial charge in [-0.1, -0.05) is 6.07 Å². The van der Waals surface area contributed by atoms with Crippen LogP contribution in [0.15, 0.2) is 41.3 Å². The second-order valence-corrected chi connectivity index (χ2v) is 8.53. The molecule has 1 N–H and O–H groups in total. The molecule has 1 aliphatic rings. The number of amides is 1. The Hall–Kier alpha value is -2.34. The van der Waals surface area contributed by atoms with Crippen molar-refractivity contribution >= 4 is 21.6 Å². The van der Waals surface area contributed by atoms with E-state index in [0.717, 1.165) is 37.1 Å². The summed E-state index contributed by atoms with van der Waals surface area (Å²) in [6.45, 7) is 7.23. The number of sulfonamides is 1. The Morgan fingerprint density at radius 2 is 1.50 bits per heavy atom. The molecule has 0 bridgehead atoms. The molecule has 26 heavy (non-hydrogen) atoms. The highest BCUT2D eigenvalue weighted by molar-refractivity contribution is 7.92. The minimum Gasteiger partial charge on any atom is -0.339 e. The number of benzene rings is 2. The Labute approximate surface area is 155 Å². The first kappa shape index (κ1) is 18.5. The van der Waals surface area contributed by atoms with Crippen molar-refractivity contribution in [3.8, 4) is 0 Å².